The van der Waals surface area contributed by atoms with Gasteiger partial charge in [-0.2, -0.15) is 0 Å². The van der Waals surface area contributed by atoms with Crippen molar-refractivity contribution in [2.45, 2.75) is 13.3 Å². The Morgan fingerprint density at radius 1 is 1.18 bits per heavy atom. The Labute approximate surface area is 164 Å². The van der Waals surface area contributed by atoms with E-state index in [-0.39, 0.29) is 19.1 Å². The minimum Gasteiger partial charge on any atom is -0.481 e. The second-order valence-electron chi connectivity index (χ2n) is 7.39. The first-order chi connectivity index (χ1) is 13.4. The molecule has 152 valence electrons. The number of carbonyl (C=O) groups is 2. The molecule has 1 aromatic rings. The van der Waals surface area contributed by atoms with Crippen molar-refractivity contribution in [2.24, 2.45) is 5.92 Å². The van der Waals surface area contributed by atoms with Crippen molar-refractivity contribution in [3.63, 3.8) is 0 Å². The van der Waals surface area contributed by atoms with Gasteiger partial charge in [0.05, 0.1) is 5.92 Å². The number of aliphatic carboxylic acids is 1. The Morgan fingerprint density at radius 3 is 2.54 bits per heavy atom. The highest BCUT2D eigenvalue weighted by Crippen LogP contribution is 2.34. The monoisotopic (exact) mass is 389 g/mol. The standard InChI is InChI=1S/C20H27N3O5/c1-14(2)11-22-5-7-23(8-6-22)12-15(20(25)26)9-19(24)21-16-3-4-17-18(10-16)28-13-27-17/h3-4,10,15H,1,5-9,11-13H2,2H3,(H,21,24)(H,25,26). The molecule has 1 fully saturated rings. The Balaban J connectivity index is 1.50. The Bertz CT molecular complexity index is 743. The van der Waals surface area contributed by atoms with Gasteiger partial charge in [0.25, 0.3) is 0 Å². The highest BCUT2D eigenvalue weighted by Gasteiger charge is 2.26. The molecule has 0 spiro atoms. The lowest BCUT2D eigenvalue weighted by molar-refractivity contribution is -0.144. The first-order valence-electron chi connectivity index (χ1n) is 9.42. The fourth-order valence-corrected chi connectivity index (χ4v) is 3.46. The first-order valence-corrected chi connectivity index (χ1v) is 9.42. The molecule has 1 atom stereocenters. The van der Waals surface area contributed by atoms with Gasteiger partial charge >= 0.3 is 5.97 Å². The van der Waals surface area contributed by atoms with Crippen LogP contribution in [0.25, 0.3) is 0 Å². The van der Waals surface area contributed by atoms with E-state index < -0.39 is 11.9 Å². The summed E-state index contributed by atoms with van der Waals surface area (Å²) < 4.78 is 10.5. The number of hydrogen-bond donors (Lipinski definition) is 2. The van der Waals surface area contributed by atoms with Crippen LogP contribution in [-0.2, 0) is 9.59 Å². The second kappa shape index (κ2) is 9.07. The first kappa shape index (κ1) is 20.2. The number of anilines is 1. The quantitative estimate of drug-likeness (QED) is 0.653. The number of ether oxygens (including phenoxy) is 2. The molecule has 2 aliphatic rings. The predicted octanol–water partition coefficient (Wildman–Crippen LogP) is 1.64. The fraction of sp³-hybridized carbons (Fsp3) is 0.500. The number of rotatable bonds is 8. The maximum Gasteiger partial charge on any atom is 0.308 e. The van der Waals surface area contributed by atoms with E-state index in [0.29, 0.717) is 23.7 Å². The molecule has 8 nitrogen and oxygen atoms in total. The molecule has 2 aliphatic heterocycles. The van der Waals surface area contributed by atoms with Crippen LogP contribution in [0.1, 0.15) is 13.3 Å². The summed E-state index contributed by atoms with van der Waals surface area (Å²) in [6.07, 6.45) is -0.0737. The molecule has 1 aromatic carbocycles. The van der Waals surface area contributed by atoms with Crippen LogP contribution in [0.3, 0.4) is 0 Å². The van der Waals surface area contributed by atoms with E-state index in [1.54, 1.807) is 18.2 Å². The highest BCUT2D eigenvalue weighted by atomic mass is 16.7. The summed E-state index contributed by atoms with van der Waals surface area (Å²) in [5.74, 6) is -0.827. The zero-order chi connectivity index (χ0) is 20.1. The zero-order valence-electron chi connectivity index (χ0n) is 16.1. The van der Waals surface area contributed by atoms with Crippen molar-refractivity contribution in [2.75, 3.05) is 51.4 Å². The second-order valence-corrected chi connectivity index (χ2v) is 7.39. The van der Waals surface area contributed by atoms with Crippen LogP contribution < -0.4 is 14.8 Å². The average Bonchev–Trinajstić information content (AvgIpc) is 3.10. The topological polar surface area (TPSA) is 91.3 Å². The van der Waals surface area contributed by atoms with Crippen molar-refractivity contribution in [3.05, 3.63) is 30.4 Å². The number of nitrogens with one attached hydrogen (secondary N) is 1. The van der Waals surface area contributed by atoms with Gasteiger partial charge in [0, 0.05) is 57.4 Å². The molecule has 1 unspecified atom stereocenters. The van der Waals surface area contributed by atoms with Gasteiger partial charge in [-0.1, -0.05) is 12.2 Å². The molecule has 0 radical (unpaired) electrons. The summed E-state index contributed by atoms with van der Waals surface area (Å²) >= 11 is 0. The van der Waals surface area contributed by atoms with Crippen LogP contribution >= 0.6 is 0 Å². The zero-order valence-corrected chi connectivity index (χ0v) is 16.1. The summed E-state index contributed by atoms with van der Waals surface area (Å²) in [5, 5.41) is 12.3. The Kier molecular flexibility index (Phi) is 6.53. The molecule has 3 rings (SSSR count). The molecule has 2 heterocycles. The molecule has 0 bridgehead atoms. The number of hydrogen-bond acceptors (Lipinski definition) is 6. The molecule has 0 aromatic heterocycles. The third kappa shape index (κ3) is 5.46. The Morgan fingerprint density at radius 2 is 1.86 bits per heavy atom. The van der Waals surface area contributed by atoms with E-state index in [1.165, 1.54) is 0 Å². The normalized spacial score (nSPS) is 17.9. The van der Waals surface area contributed by atoms with Gasteiger partial charge in [-0.25, -0.2) is 0 Å². The number of carbonyl (C=O) groups excluding carboxylic acids is 1. The Hall–Kier alpha value is -2.58. The minimum absolute atomic E-state index is 0.0737. The van der Waals surface area contributed by atoms with Gasteiger partial charge in [0.15, 0.2) is 11.5 Å². The number of fused-ring (bicyclic) bond motifs is 1. The van der Waals surface area contributed by atoms with E-state index in [2.05, 4.69) is 21.7 Å². The van der Waals surface area contributed by atoms with Crippen molar-refractivity contribution >= 4 is 17.6 Å². The molecule has 1 amide bonds. The van der Waals surface area contributed by atoms with Gasteiger partial charge in [0.1, 0.15) is 0 Å². The molecular weight excluding hydrogens is 362 g/mol. The summed E-state index contributed by atoms with van der Waals surface area (Å²) in [4.78, 5) is 28.4. The maximum atomic E-state index is 12.4. The number of amides is 1. The van der Waals surface area contributed by atoms with Gasteiger partial charge in [-0.3, -0.25) is 19.4 Å². The lowest BCUT2D eigenvalue weighted by Gasteiger charge is -2.35. The van der Waals surface area contributed by atoms with E-state index in [9.17, 15) is 14.7 Å². The maximum absolute atomic E-state index is 12.4. The smallest absolute Gasteiger partial charge is 0.308 e. The van der Waals surface area contributed by atoms with E-state index >= 15 is 0 Å². The van der Waals surface area contributed by atoms with Crippen LogP contribution in [0.4, 0.5) is 5.69 Å². The van der Waals surface area contributed by atoms with Crippen LogP contribution in [-0.4, -0.2) is 72.8 Å². The number of carboxylic acids is 1. The van der Waals surface area contributed by atoms with Gasteiger partial charge in [-0.15, -0.1) is 0 Å². The molecule has 28 heavy (non-hydrogen) atoms. The van der Waals surface area contributed by atoms with Gasteiger partial charge < -0.3 is 19.9 Å². The molecule has 8 heteroatoms. The molecule has 0 saturated carbocycles. The summed E-state index contributed by atoms with van der Waals surface area (Å²) in [6.45, 7) is 10.7. The number of nitrogens with zero attached hydrogens (tertiary/aromatic N) is 2. The lowest BCUT2D eigenvalue weighted by Crippen LogP contribution is -2.49. The summed E-state index contributed by atoms with van der Waals surface area (Å²) in [5.41, 5.74) is 1.68. The van der Waals surface area contributed by atoms with Crippen LogP contribution in [0.2, 0.25) is 0 Å². The van der Waals surface area contributed by atoms with Crippen molar-refractivity contribution in [1.82, 2.24) is 9.80 Å². The lowest BCUT2D eigenvalue weighted by atomic mass is 10.0. The predicted molar refractivity (Wildman–Crippen MR) is 105 cm³/mol. The minimum atomic E-state index is -0.954. The van der Waals surface area contributed by atoms with Crippen molar-refractivity contribution in [1.29, 1.82) is 0 Å². The van der Waals surface area contributed by atoms with Gasteiger partial charge in [-0.05, 0) is 19.1 Å². The third-order valence-electron chi connectivity index (χ3n) is 4.87. The number of benzene rings is 1. The van der Waals surface area contributed by atoms with Crippen molar-refractivity contribution in [3.8, 4) is 11.5 Å². The van der Waals surface area contributed by atoms with Crippen LogP contribution in [0.15, 0.2) is 30.4 Å². The average molecular weight is 389 g/mol. The largest absolute Gasteiger partial charge is 0.481 e. The molecular formula is C20H27N3O5. The summed E-state index contributed by atoms with van der Waals surface area (Å²) in [6, 6.07) is 5.11. The van der Waals surface area contributed by atoms with Gasteiger partial charge in [0.2, 0.25) is 12.7 Å². The number of carboxylic acid groups (broad SMARTS) is 1. The molecule has 0 aliphatic carbocycles. The fourth-order valence-electron chi connectivity index (χ4n) is 3.46. The highest BCUT2D eigenvalue weighted by molar-refractivity contribution is 5.93. The summed E-state index contributed by atoms with van der Waals surface area (Å²) in [7, 11) is 0. The van der Waals surface area contributed by atoms with E-state index in [0.717, 1.165) is 38.3 Å². The van der Waals surface area contributed by atoms with Crippen molar-refractivity contribution < 1.29 is 24.2 Å². The SMILES string of the molecule is C=C(C)CN1CCN(CC(CC(=O)Nc2ccc3c(c2)OCO3)C(=O)O)CC1. The van der Waals surface area contributed by atoms with Crippen LogP contribution in [0, 0.1) is 5.92 Å². The molecule has 2 N–H and O–H groups in total. The third-order valence-corrected chi connectivity index (χ3v) is 4.87. The number of piperazine rings is 1. The van der Waals surface area contributed by atoms with E-state index in [4.69, 9.17) is 9.47 Å². The van der Waals surface area contributed by atoms with Crippen LogP contribution in [0.5, 0.6) is 11.5 Å². The van der Waals surface area contributed by atoms with E-state index in [1.807, 2.05) is 6.92 Å². The molecule has 1 saturated heterocycles.